The molecule has 4 rings (SSSR count). The summed E-state index contributed by atoms with van der Waals surface area (Å²) in [5, 5.41) is 2.98. The lowest BCUT2D eigenvalue weighted by Crippen LogP contribution is -2.33. The molecule has 1 N–H and O–H groups in total. The second-order valence-electron chi connectivity index (χ2n) is 9.10. The maximum Gasteiger partial charge on any atom is 0.223 e. The molecule has 0 fully saturated rings. The molecule has 1 aliphatic heterocycles. The zero-order valence-electron chi connectivity index (χ0n) is 18.0. The van der Waals surface area contributed by atoms with Gasteiger partial charge in [0, 0.05) is 49.5 Å². The third-order valence-corrected chi connectivity index (χ3v) is 6.24. The van der Waals surface area contributed by atoms with Crippen LogP contribution in [0, 0.1) is 5.92 Å². The number of halogens is 1. The van der Waals surface area contributed by atoms with Gasteiger partial charge in [-0.25, -0.2) is 24.3 Å². The summed E-state index contributed by atoms with van der Waals surface area (Å²) in [4.78, 5) is 18.4. The van der Waals surface area contributed by atoms with Gasteiger partial charge in [0.2, 0.25) is 5.95 Å². The van der Waals surface area contributed by atoms with Crippen molar-refractivity contribution in [1.82, 2.24) is 15.0 Å². The van der Waals surface area contributed by atoms with Crippen molar-refractivity contribution in [2.75, 3.05) is 11.9 Å². The number of aliphatic imine (C=N–C) groups is 1. The molecule has 0 bridgehead atoms. The van der Waals surface area contributed by atoms with Crippen LogP contribution in [-0.4, -0.2) is 32.9 Å². The van der Waals surface area contributed by atoms with E-state index in [9.17, 15) is 4.39 Å². The minimum absolute atomic E-state index is 0. The van der Waals surface area contributed by atoms with E-state index >= 15 is 0 Å². The minimum atomic E-state index is -1.31. The van der Waals surface area contributed by atoms with E-state index in [1.807, 2.05) is 12.4 Å². The Bertz CT molecular complexity index is 1040. The number of allylic oxidation sites excluding steroid dienone is 1. The number of hydrogen-bond acceptors (Lipinski definition) is 5. The molecule has 1 unspecified atom stereocenters. The summed E-state index contributed by atoms with van der Waals surface area (Å²) >= 11 is 0. The van der Waals surface area contributed by atoms with Gasteiger partial charge in [0.25, 0.3) is 0 Å². The first-order valence-electron chi connectivity index (χ1n) is 10.2. The topological polar surface area (TPSA) is 63.1 Å². The van der Waals surface area contributed by atoms with E-state index in [2.05, 4.69) is 60.1 Å². The summed E-state index contributed by atoms with van der Waals surface area (Å²) in [6, 6.07) is 2.22. The number of pyridine rings is 1. The standard InChI is InChI=1S/C23H28FN5.2H2/c1-13(2)23(6)14(3)28-20-18(23)9-15(10-25-20)16-7-8-19-17(16)11-26-21(29-19)27-12-22(4,5)24;;/h7,9-11,13H,8,12H2,1-6H3,(H,26,27,29);2*1H. The number of nitrogens with one attached hydrogen (secondary N) is 1. The summed E-state index contributed by atoms with van der Waals surface area (Å²) in [6.45, 7) is 12.0. The summed E-state index contributed by atoms with van der Waals surface area (Å²) < 4.78 is 13.7. The maximum absolute atomic E-state index is 13.7. The smallest absolute Gasteiger partial charge is 0.223 e. The van der Waals surface area contributed by atoms with Crippen LogP contribution in [0.4, 0.5) is 16.2 Å². The summed E-state index contributed by atoms with van der Waals surface area (Å²) in [5.41, 5.74) is 5.00. The Kier molecular flexibility index (Phi) is 4.56. The number of alkyl halides is 1. The summed E-state index contributed by atoms with van der Waals surface area (Å²) in [6.07, 6.45) is 6.61. The molecule has 6 heteroatoms. The minimum Gasteiger partial charge on any atom is -0.351 e. The van der Waals surface area contributed by atoms with Gasteiger partial charge in [-0.3, -0.25) is 0 Å². The Balaban J connectivity index is 0.00000171. The van der Waals surface area contributed by atoms with E-state index < -0.39 is 5.67 Å². The molecule has 0 saturated carbocycles. The van der Waals surface area contributed by atoms with Crippen molar-refractivity contribution in [2.24, 2.45) is 10.9 Å². The molecule has 2 aromatic heterocycles. The fourth-order valence-corrected chi connectivity index (χ4v) is 4.03. The molecule has 29 heavy (non-hydrogen) atoms. The van der Waals surface area contributed by atoms with E-state index in [-0.39, 0.29) is 14.8 Å². The van der Waals surface area contributed by atoms with Gasteiger partial charge in [0.15, 0.2) is 5.82 Å². The summed E-state index contributed by atoms with van der Waals surface area (Å²) in [7, 11) is 0. The van der Waals surface area contributed by atoms with Crippen molar-refractivity contribution in [1.29, 1.82) is 0 Å². The Labute approximate surface area is 174 Å². The Morgan fingerprint density at radius 3 is 2.72 bits per heavy atom. The number of aromatic nitrogens is 3. The Hall–Kier alpha value is -2.63. The predicted octanol–water partition coefficient (Wildman–Crippen LogP) is 5.53. The first-order chi connectivity index (χ1) is 13.6. The highest BCUT2D eigenvalue weighted by Crippen LogP contribution is 2.45. The second-order valence-corrected chi connectivity index (χ2v) is 9.10. The summed E-state index contributed by atoms with van der Waals surface area (Å²) in [5.74, 6) is 1.71. The van der Waals surface area contributed by atoms with Crippen LogP contribution >= 0.6 is 0 Å². The van der Waals surface area contributed by atoms with E-state index in [1.165, 1.54) is 19.4 Å². The lowest BCUT2D eigenvalue weighted by atomic mass is 9.71. The lowest BCUT2D eigenvalue weighted by Gasteiger charge is -2.30. The van der Waals surface area contributed by atoms with Gasteiger partial charge >= 0.3 is 0 Å². The first kappa shape index (κ1) is 19.7. The number of hydrogen-bond donors (Lipinski definition) is 1. The van der Waals surface area contributed by atoms with Gasteiger partial charge in [0.05, 0.1) is 12.2 Å². The van der Waals surface area contributed by atoms with Crippen LogP contribution in [-0.2, 0) is 11.8 Å². The predicted molar refractivity (Wildman–Crippen MR) is 120 cm³/mol. The van der Waals surface area contributed by atoms with E-state index in [0.29, 0.717) is 11.9 Å². The van der Waals surface area contributed by atoms with Crippen LogP contribution in [0.2, 0.25) is 0 Å². The zero-order chi connectivity index (χ0) is 21.0. The van der Waals surface area contributed by atoms with Crippen LogP contribution in [0.5, 0.6) is 0 Å². The highest BCUT2D eigenvalue weighted by Gasteiger charge is 2.40. The van der Waals surface area contributed by atoms with Crippen LogP contribution in [0.3, 0.4) is 0 Å². The highest BCUT2D eigenvalue weighted by molar-refractivity contribution is 6.00. The van der Waals surface area contributed by atoms with E-state index in [1.54, 1.807) is 0 Å². The van der Waals surface area contributed by atoms with E-state index in [0.717, 1.165) is 40.3 Å². The van der Waals surface area contributed by atoms with Crippen molar-refractivity contribution < 1.29 is 7.24 Å². The molecule has 0 saturated heterocycles. The van der Waals surface area contributed by atoms with Gasteiger partial charge in [0.1, 0.15) is 5.67 Å². The number of nitrogens with zero attached hydrogens (tertiary/aromatic N) is 4. The molecule has 156 valence electrons. The largest absolute Gasteiger partial charge is 0.351 e. The monoisotopic (exact) mass is 397 g/mol. The van der Waals surface area contributed by atoms with Crippen LogP contribution in [0.1, 0.15) is 66.8 Å². The lowest BCUT2D eigenvalue weighted by molar-refractivity contribution is 0.234. The average Bonchev–Trinajstić information content (AvgIpc) is 3.18. The van der Waals surface area contributed by atoms with Crippen molar-refractivity contribution in [2.45, 2.75) is 59.0 Å². The number of rotatable bonds is 5. The highest BCUT2D eigenvalue weighted by atomic mass is 19.1. The van der Waals surface area contributed by atoms with Crippen LogP contribution in [0.15, 0.2) is 29.5 Å². The van der Waals surface area contributed by atoms with Crippen molar-refractivity contribution in [3.8, 4) is 0 Å². The fraction of sp³-hybridized carbons (Fsp3) is 0.478. The third kappa shape index (κ3) is 3.34. The molecular formula is C23H32FN5. The van der Waals surface area contributed by atoms with Crippen LogP contribution < -0.4 is 5.32 Å². The molecule has 0 spiro atoms. The molecule has 0 amide bonds. The molecule has 1 atom stereocenters. The number of anilines is 1. The van der Waals surface area contributed by atoms with Crippen molar-refractivity contribution >= 4 is 23.1 Å². The average molecular weight is 398 g/mol. The van der Waals surface area contributed by atoms with Crippen molar-refractivity contribution in [3.05, 3.63) is 46.9 Å². The quantitative estimate of drug-likeness (QED) is 0.720. The Morgan fingerprint density at radius 1 is 1.28 bits per heavy atom. The van der Waals surface area contributed by atoms with Gasteiger partial charge in [-0.05, 0) is 45.3 Å². The van der Waals surface area contributed by atoms with E-state index in [4.69, 9.17) is 4.99 Å². The van der Waals surface area contributed by atoms with Crippen LogP contribution in [0.25, 0.3) is 5.57 Å². The molecule has 5 nitrogen and oxygen atoms in total. The zero-order valence-corrected chi connectivity index (χ0v) is 18.0. The van der Waals surface area contributed by atoms with Gasteiger partial charge in [-0.15, -0.1) is 0 Å². The molecule has 2 aliphatic rings. The normalized spacial score (nSPS) is 20.4. The fourth-order valence-electron chi connectivity index (χ4n) is 4.03. The third-order valence-electron chi connectivity index (χ3n) is 6.24. The molecule has 0 aromatic carbocycles. The van der Waals surface area contributed by atoms with Gasteiger partial charge < -0.3 is 5.32 Å². The first-order valence-corrected chi connectivity index (χ1v) is 10.2. The molecule has 2 aromatic rings. The Morgan fingerprint density at radius 2 is 2.03 bits per heavy atom. The van der Waals surface area contributed by atoms with Gasteiger partial charge in [-0.2, -0.15) is 0 Å². The molecular weight excluding hydrogens is 365 g/mol. The number of fused-ring (bicyclic) bond motifs is 2. The molecule has 1 aliphatic carbocycles. The SMILES string of the molecule is CC1=Nc2ncc(C3=CCc4nc(NCC(C)(C)F)ncc43)cc2C1(C)C(C)C.[HH].[HH]. The molecule has 0 radical (unpaired) electrons. The second kappa shape index (κ2) is 6.71. The maximum atomic E-state index is 13.7. The van der Waals surface area contributed by atoms with Gasteiger partial charge in [-0.1, -0.05) is 19.9 Å². The molecule has 3 heterocycles. The van der Waals surface area contributed by atoms with Crippen molar-refractivity contribution in [3.63, 3.8) is 0 Å².